The van der Waals surface area contributed by atoms with E-state index in [4.69, 9.17) is 0 Å². The number of hydrogen-bond acceptors (Lipinski definition) is 4. The van der Waals surface area contributed by atoms with Crippen LogP contribution in [0.3, 0.4) is 0 Å². The van der Waals surface area contributed by atoms with Gasteiger partial charge in [0.15, 0.2) is 0 Å². The SMILES string of the molecule is COC(=O)CNC(=O)c1ccc(-c2cccc(F)c2)nc1. The summed E-state index contributed by atoms with van der Waals surface area (Å²) in [7, 11) is 1.24. The standard InChI is InChI=1S/C15H13FN2O3/c1-21-14(19)9-18-15(20)11-5-6-13(17-8-11)10-3-2-4-12(16)7-10/h2-8H,9H2,1H3,(H,18,20). The number of methoxy groups -OCH3 is 1. The fraction of sp³-hybridized carbons (Fsp3) is 0.133. The van der Waals surface area contributed by atoms with Gasteiger partial charge in [0.2, 0.25) is 0 Å². The Bertz CT molecular complexity index is 656. The van der Waals surface area contributed by atoms with Gasteiger partial charge in [-0.05, 0) is 24.3 Å². The van der Waals surface area contributed by atoms with Crippen LogP contribution in [0.2, 0.25) is 0 Å². The van der Waals surface area contributed by atoms with Crippen molar-refractivity contribution in [2.45, 2.75) is 0 Å². The topological polar surface area (TPSA) is 68.3 Å². The number of pyridine rings is 1. The van der Waals surface area contributed by atoms with Crippen LogP contribution in [0.1, 0.15) is 10.4 Å². The van der Waals surface area contributed by atoms with Crippen LogP contribution in [0, 0.1) is 5.82 Å². The third-order valence-electron chi connectivity index (χ3n) is 2.77. The van der Waals surface area contributed by atoms with E-state index in [1.807, 2.05) is 0 Å². The Morgan fingerprint density at radius 3 is 2.71 bits per heavy atom. The summed E-state index contributed by atoms with van der Waals surface area (Å²) in [6.07, 6.45) is 1.37. The molecule has 21 heavy (non-hydrogen) atoms. The molecule has 0 aliphatic rings. The van der Waals surface area contributed by atoms with Crippen molar-refractivity contribution >= 4 is 11.9 Å². The lowest BCUT2D eigenvalue weighted by atomic mass is 10.1. The maximum absolute atomic E-state index is 13.1. The van der Waals surface area contributed by atoms with Crippen molar-refractivity contribution in [3.8, 4) is 11.3 Å². The van der Waals surface area contributed by atoms with Gasteiger partial charge in [-0.2, -0.15) is 0 Å². The van der Waals surface area contributed by atoms with E-state index < -0.39 is 11.9 Å². The van der Waals surface area contributed by atoms with E-state index in [1.54, 1.807) is 24.3 Å². The second-order valence-electron chi connectivity index (χ2n) is 4.20. The smallest absolute Gasteiger partial charge is 0.325 e. The lowest BCUT2D eigenvalue weighted by Crippen LogP contribution is -2.30. The highest BCUT2D eigenvalue weighted by molar-refractivity contribution is 5.95. The molecule has 2 aromatic rings. The zero-order chi connectivity index (χ0) is 15.2. The fourth-order valence-corrected chi connectivity index (χ4v) is 1.67. The van der Waals surface area contributed by atoms with Crippen molar-refractivity contribution < 1.29 is 18.7 Å². The molecule has 1 aromatic carbocycles. The van der Waals surface area contributed by atoms with Crippen molar-refractivity contribution in [2.24, 2.45) is 0 Å². The van der Waals surface area contributed by atoms with E-state index in [0.29, 0.717) is 16.8 Å². The number of halogens is 1. The monoisotopic (exact) mass is 288 g/mol. The highest BCUT2D eigenvalue weighted by Crippen LogP contribution is 2.17. The van der Waals surface area contributed by atoms with E-state index in [9.17, 15) is 14.0 Å². The molecule has 6 heteroatoms. The van der Waals surface area contributed by atoms with Gasteiger partial charge in [-0.15, -0.1) is 0 Å². The van der Waals surface area contributed by atoms with Gasteiger partial charge >= 0.3 is 5.97 Å². The van der Waals surface area contributed by atoms with Crippen LogP contribution in [0.4, 0.5) is 4.39 Å². The van der Waals surface area contributed by atoms with Gasteiger partial charge in [0.1, 0.15) is 12.4 Å². The van der Waals surface area contributed by atoms with Gasteiger partial charge in [-0.25, -0.2) is 4.39 Å². The van der Waals surface area contributed by atoms with E-state index in [1.165, 1.54) is 25.4 Å². The minimum Gasteiger partial charge on any atom is -0.468 e. The molecular formula is C15H13FN2O3. The third kappa shape index (κ3) is 3.85. The lowest BCUT2D eigenvalue weighted by Gasteiger charge is -2.05. The Hall–Kier alpha value is -2.76. The second kappa shape index (κ2) is 6.60. The first kappa shape index (κ1) is 14.6. The van der Waals surface area contributed by atoms with Crippen LogP contribution in [0.15, 0.2) is 42.6 Å². The van der Waals surface area contributed by atoms with E-state index in [-0.39, 0.29) is 12.4 Å². The highest BCUT2D eigenvalue weighted by atomic mass is 19.1. The maximum atomic E-state index is 13.1. The summed E-state index contributed by atoms with van der Waals surface area (Å²) in [5.74, 6) is -1.32. The van der Waals surface area contributed by atoms with Crippen LogP contribution in [-0.2, 0) is 9.53 Å². The predicted molar refractivity (Wildman–Crippen MR) is 74.0 cm³/mol. The summed E-state index contributed by atoms with van der Waals surface area (Å²) in [4.78, 5) is 26.8. The molecule has 0 atom stereocenters. The average Bonchev–Trinajstić information content (AvgIpc) is 2.52. The zero-order valence-electron chi connectivity index (χ0n) is 11.3. The molecule has 1 amide bonds. The number of esters is 1. The minimum absolute atomic E-state index is 0.207. The number of nitrogens with one attached hydrogen (secondary N) is 1. The van der Waals surface area contributed by atoms with Crippen LogP contribution in [-0.4, -0.2) is 30.5 Å². The number of nitrogens with zero attached hydrogens (tertiary/aromatic N) is 1. The molecule has 0 saturated heterocycles. The summed E-state index contributed by atoms with van der Waals surface area (Å²) < 4.78 is 17.6. The molecule has 1 N–H and O–H groups in total. The van der Waals surface area contributed by atoms with Crippen molar-refractivity contribution in [3.63, 3.8) is 0 Å². The average molecular weight is 288 g/mol. The summed E-state index contributed by atoms with van der Waals surface area (Å²) in [5.41, 5.74) is 1.48. The van der Waals surface area contributed by atoms with Gasteiger partial charge in [-0.1, -0.05) is 12.1 Å². The van der Waals surface area contributed by atoms with Gasteiger partial charge in [0.05, 0.1) is 18.4 Å². The maximum Gasteiger partial charge on any atom is 0.325 e. The highest BCUT2D eigenvalue weighted by Gasteiger charge is 2.09. The molecule has 0 fully saturated rings. The van der Waals surface area contributed by atoms with E-state index in [0.717, 1.165) is 0 Å². The number of rotatable bonds is 4. The molecule has 5 nitrogen and oxygen atoms in total. The Kier molecular flexibility index (Phi) is 4.61. The van der Waals surface area contributed by atoms with Crippen LogP contribution >= 0.6 is 0 Å². The molecule has 0 radical (unpaired) electrons. The fourth-order valence-electron chi connectivity index (χ4n) is 1.67. The quantitative estimate of drug-likeness (QED) is 0.871. The minimum atomic E-state index is -0.535. The number of hydrogen-bond donors (Lipinski definition) is 1. The Morgan fingerprint density at radius 2 is 2.10 bits per heavy atom. The summed E-state index contributed by atoms with van der Waals surface area (Å²) in [6.45, 7) is -0.207. The molecule has 0 bridgehead atoms. The molecular weight excluding hydrogens is 275 g/mol. The number of ether oxygens (including phenoxy) is 1. The first-order chi connectivity index (χ1) is 10.1. The number of amides is 1. The Balaban J connectivity index is 2.08. The molecule has 0 spiro atoms. The number of carbonyl (C=O) groups is 2. The van der Waals surface area contributed by atoms with Crippen LogP contribution < -0.4 is 5.32 Å². The first-order valence-corrected chi connectivity index (χ1v) is 6.17. The van der Waals surface area contributed by atoms with Crippen molar-refractivity contribution in [1.29, 1.82) is 0 Å². The van der Waals surface area contributed by atoms with Gasteiger partial charge in [0, 0.05) is 11.8 Å². The second-order valence-corrected chi connectivity index (χ2v) is 4.20. The molecule has 0 unspecified atom stereocenters. The normalized spacial score (nSPS) is 10.0. The number of carbonyl (C=O) groups excluding carboxylic acids is 2. The van der Waals surface area contributed by atoms with E-state index >= 15 is 0 Å². The Morgan fingerprint density at radius 1 is 1.29 bits per heavy atom. The molecule has 108 valence electrons. The van der Waals surface area contributed by atoms with E-state index in [2.05, 4.69) is 15.0 Å². The predicted octanol–water partition coefficient (Wildman–Crippen LogP) is 1.79. The van der Waals surface area contributed by atoms with Crippen LogP contribution in [0.25, 0.3) is 11.3 Å². The van der Waals surface area contributed by atoms with Crippen molar-refractivity contribution in [3.05, 3.63) is 54.0 Å². The lowest BCUT2D eigenvalue weighted by molar-refractivity contribution is -0.139. The molecule has 0 saturated carbocycles. The van der Waals surface area contributed by atoms with Crippen LogP contribution in [0.5, 0.6) is 0 Å². The van der Waals surface area contributed by atoms with Gasteiger partial charge in [-0.3, -0.25) is 14.6 Å². The number of aromatic nitrogens is 1. The largest absolute Gasteiger partial charge is 0.468 e. The third-order valence-corrected chi connectivity index (χ3v) is 2.77. The molecule has 0 aliphatic heterocycles. The number of benzene rings is 1. The summed E-state index contributed by atoms with van der Waals surface area (Å²) in [6, 6.07) is 9.19. The van der Waals surface area contributed by atoms with Gasteiger partial charge in [0.25, 0.3) is 5.91 Å². The zero-order valence-corrected chi connectivity index (χ0v) is 11.3. The van der Waals surface area contributed by atoms with Gasteiger partial charge < -0.3 is 10.1 Å². The summed E-state index contributed by atoms with van der Waals surface area (Å²) in [5, 5.41) is 2.40. The molecule has 1 heterocycles. The van der Waals surface area contributed by atoms with Crippen molar-refractivity contribution in [1.82, 2.24) is 10.3 Å². The Labute approximate surface area is 120 Å². The molecule has 0 aliphatic carbocycles. The molecule has 2 rings (SSSR count). The van der Waals surface area contributed by atoms with Crippen molar-refractivity contribution in [2.75, 3.05) is 13.7 Å². The first-order valence-electron chi connectivity index (χ1n) is 6.17. The molecule has 1 aromatic heterocycles. The summed E-state index contributed by atoms with van der Waals surface area (Å²) >= 11 is 0.